The number of pyridine rings is 1. The van der Waals surface area contributed by atoms with Gasteiger partial charge in [-0.3, -0.25) is 4.98 Å². The summed E-state index contributed by atoms with van der Waals surface area (Å²) in [5, 5.41) is 3.53. The Bertz CT molecular complexity index is 468. The lowest BCUT2D eigenvalue weighted by Gasteiger charge is -2.31. The summed E-state index contributed by atoms with van der Waals surface area (Å²) in [5.41, 5.74) is 2.22. The molecule has 0 unspecified atom stereocenters. The third kappa shape index (κ3) is 4.42. The third-order valence-corrected chi connectivity index (χ3v) is 4.00. The van der Waals surface area contributed by atoms with Crippen LogP contribution in [0.1, 0.15) is 38.6 Å². The zero-order chi connectivity index (χ0) is 15.5. The highest BCUT2D eigenvalue weighted by atomic mass is 16.5. The van der Waals surface area contributed by atoms with E-state index in [1.54, 1.807) is 7.11 Å². The van der Waals surface area contributed by atoms with E-state index in [0.717, 1.165) is 43.3 Å². The number of nitrogens with zero attached hydrogens (tertiary/aromatic N) is 1. The Morgan fingerprint density at radius 1 is 1.38 bits per heavy atom. The van der Waals surface area contributed by atoms with Crippen LogP contribution >= 0.6 is 0 Å². The van der Waals surface area contributed by atoms with E-state index in [1.165, 1.54) is 0 Å². The Balaban J connectivity index is 1.88. The van der Waals surface area contributed by atoms with E-state index >= 15 is 0 Å². The number of ether oxygens (including phenoxy) is 2. The van der Waals surface area contributed by atoms with Crippen molar-refractivity contribution in [3.8, 4) is 5.75 Å². The number of hydrogen-bond acceptors (Lipinski definition) is 4. The lowest BCUT2D eigenvalue weighted by molar-refractivity contribution is 0.00719. The van der Waals surface area contributed by atoms with Gasteiger partial charge in [-0.15, -0.1) is 0 Å². The number of hydrogen-bond donors (Lipinski definition) is 1. The van der Waals surface area contributed by atoms with Crippen molar-refractivity contribution in [3.63, 3.8) is 0 Å². The van der Waals surface area contributed by atoms with Gasteiger partial charge in [0.15, 0.2) is 0 Å². The molecule has 1 aliphatic heterocycles. The first-order valence-corrected chi connectivity index (χ1v) is 7.74. The van der Waals surface area contributed by atoms with E-state index in [2.05, 4.69) is 31.1 Å². The Labute approximate surface area is 128 Å². The van der Waals surface area contributed by atoms with Gasteiger partial charge >= 0.3 is 0 Å². The summed E-state index contributed by atoms with van der Waals surface area (Å²) in [7, 11) is 1.69. The Morgan fingerprint density at radius 3 is 2.81 bits per heavy atom. The van der Waals surface area contributed by atoms with Crippen LogP contribution in [0.2, 0.25) is 0 Å². The number of rotatable bonds is 5. The average molecular weight is 292 g/mol. The van der Waals surface area contributed by atoms with Crippen molar-refractivity contribution in [3.05, 3.63) is 23.5 Å². The largest absolute Gasteiger partial charge is 0.497 e. The molecule has 1 aliphatic rings. The number of methoxy groups -OCH3 is 1. The molecular weight excluding hydrogens is 264 g/mol. The Hall–Kier alpha value is -1.13. The minimum atomic E-state index is 0.202. The fourth-order valence-corrected chi connectivity index (χ4v) is 3.10. The molecule has 21 heavy (non-hydrogen) atoms. The minimum Gasteiger partial charge on any atom is -0.497 e. The van der Waals surface area contributed by atoms with E-state index in [9.17, 15) is 0 Å². The van der Waals surface area contributed by atoms with Crippen LogP contribution in [0, 0.1) is 18.3 Å². The van der Waals surface area contributed by atoms with Crippen molar-refractivity contribution in [2.75, 3.05) is 20.3 Å². The molecule has 2 atom stereocenters. The molecule has 0 bridgehead atoms. The van der Waals surface area contributed by atoms with Gasteiger partial charge in [-0.25, -0.2) is 0 Å². The quantitative estimate of drug-likeness (QED) is 0.906. The van der Waals surface area contributed by atoms with E-state index in [0.29, 0.717) is 12.0 Å². The molecule has 0 spiro atoms. The molecule has 1 saturated heterocycles. The maximum atomic E-state index is 5.91. The predicted molar refractivity (Wildman–Crippen MR) is 84.5 cm³/mol. The number of aryl methyl sites for hydroxylation is 1. The summed E-state index contributed by atoms with van der Waals surface area (Å²) in [5.74, 6) is 1.45. The van der Waals surface area contributed by atoms with Crippen molar-refractivity contribution >= 4 is 0 Å². The minimum absolute atomic E-state index is 0.202. The fraction of sp³-hybridized carbons (Fsp3) is 0.706. The molecule has 4 heteroatoms. The van der Waals surface area contributed by atoms with Gasteiger partial charge in [-0.2, -0.15) is 0 Å². The molecule has 1 N–H and O–H groups in total. The van der Waals surface area contributed by atoms with Gasteiger partial charge in [0.2, 0.25) is 0 Å². The van der Waals surface area contributed by atoms with Gasteiger partial charge in [0, 0.05) is 43.4 Å². The summed E-state index contributed by atoms with van der Waals surface area (Å²) in [6.45, 7) is 11.4. The maximum absolute atomic E-state index is 5.91. The summed E-state index contributed by atoms with van der Waals surface area (Å²) in [4.78, 5) is 4.54. The highest BCUT2D eigenvalue weighted by Gasteiger charge is 2.36. The summed E-state index contributed by atoms with van der Waals surface area (Å²) in [6, 6.07) is 3.94. The van der Waals surface area contributed by atoms with E-state index in [-0.39, 0.29) is 5.41 Å². The van der Waals surface area contributed by atoms with Gasteiger partial charge in [-0.1, -0.05) is 20.8 Å². The van der Waals surface area contributed by atoms with E-state index in [4.69, 9.17) is 9.47 Å². The van der Waals surface area contributed by atoms with Gasteiger partial charge in [0.05, 0.1) is 18.9 Å². The predicted octanol–water partition coefficient (Wildman–Crippen LogP) is 2.94. The zero-order valence-electron chi connectivity index (χ0n) is 13.9. The van der Waals surface area contributed by atoms with Crippen molar-refractivity contribution in [1.29, 1.82) is 0 Å². The average Bonchev–Trinajstić information content (AvgIpc) is 2.86. The highest BCUT2D eigenvalue weighted by Crippen LogP contribution is 2.34. The van der Waals surface area contributed by atoms with Crippen LogP contribution in [0.3, 0.4) is 0 Å². The molecule has 1 aromatic rings. The van der Waals surface area contributed by atoms with Crippen LogP contribution in [0.5, 0.6) is 5.75 Å². The Kier molecular flexibility index (Phi) is 5.22. The zero-order valence-corrected chi connectivity index (χ0v) is 13.9. The van der Waals surface area contributed by atoms with Gasteiger partial charge in [-0.05, 0) is 18.8 Å². The fourth-order valence-electron chi connectivity index (χ4n) is 3.10. The first kappa shape index (κ1) is 16.2. The summed E-state index contributed by atoms with van der Waals surface area (Å²) >= 11 is 0. The van der Waals surface area contributed by atoms with Gasteiger partial charge in [0.25, 0.3) is 0 Å². The van der Waals surface area contributed by atoms with Crippen molar-refractivity contribution in [2.45, 2.75) is 46.8 Å². The smallest absolute Gasteiger partial charge is 0.122 e. The van der Waals surface area contributed by atoms with Crippen molar-refractivity contribution < 1.29 is 9.47 Å². The molecule has 0 aliphatic carbocycles. The molecule has 2 rings (SSSR count). The maximum Gasteiger partial charge on any atom is 0.122 e. The van der Waals surface area contributed by atoms with Crippen molar-refractivity contribution in [2.24, 2.45) is 11.3 Å². The van der Waals surface area contributed by atoms with Crippen LogP contribution in [0.15, 0.2) is 12.1 Å². The third-order valence-electron chi connectivity index (χ3n) is 4.00. The van der Waals surface area contributed by atoms with E-state index < -0.39 is 0 Å². The molecule has 1 fully saturated rings. The molecule has 0 amide bonds. The second-order valence-electron chi connectivity index (χ2n) is 6.98. The highest BCUT2D eigenvalue weighted by molar-refractivity contribution is 5.26. The topological polar surface area (TPSA) is 43.4 Å². The molecule has 1 aromatic heterocycles. The molecule has 0 radical (unpaired) electrons. The molecule has 2 heterocycles. The molecule has 4 nitrogen and oxygen atoms in total. The monoisotopic (exact) mass is 292 g/mol. The van der Waals surface area contributed by atoms with Crippen molar-refractivity contribution in [1.82, 2.24) is 10.3 Å². The van der Waals surface area contributed by atoms with E-state index in [1.807, 2.05) is 19.1 Å². The summed E-state index contributed by atoms with van der Waals surface area (Å²) < 4.78 is 11.2. The second kappa shape index (κ2) is 6.75. The molecule has 118 valence electrons. The summed E-state index contributed by atoms with van der Waals surface area (Å²) in [6.07, 6.45) is 1.48. The number of aromatic nitrogens is 1. The van der Waals surface area contributed by atoms with Crippen LogP contribution in [-0.4, -0.2) is 31.3 Å². The van der Waals surface area contributed by atoms with Crippen LogP contribution in [0.25, 0.3) is 0 Å². The first-order valence-electron chi connectivity index (χ1n) is 7.74. The van der Waals surface area contributed by atoms with Crippen LogP contribution in [-0.2, 0) is 11.3 Å². The normalized spacial score (nSPS) is 22.5. The second-order valence-corrected chi connectivity index (χ2v) is 6.98. The number of nitrogens with one attached hydrogen (secondary N) is 1. The lowest BCUT2D eigenvalue weighted by atomic mass is 9.81. The van der Waals surface area contributed by atoms with Gasteiger partial charge < -0.3 is 14.8 Å². The Morgan fingerprint density at radius 2 is 2.14 bits per heavy atom. The molecule has 0 aromatic carbocycles. The standard InChI is InChI=1S/C17H28N2O2/c1-12-8-15(20-5)9-14(19-12)11-18-10-13-6-7-21-16(13)17(2,3)4/h8-9,13,16,18H,6-7,10-11H2,1-5H3/t13-,16+/m1/s1. The lowest BCUT2D eigenvalue weighted by Crippen LogP contribution is -2.36. The van der Waals surface area contributed by atoms with Crippen LogP contribution < -0.4 is 10.1 Å². The molecular formula is C17H28N2O2. The molecule has 0 saturated carbocycles. The van der Waals surface area contributed by atoms with Gasteiger partial charge in [0.1, 0.15) is 5.75 Å². The SMILES string of the molecule is COc1cc(C)nc(CNC[C@H]2CCO[C@@H]2C(C)(C)C)c1. The van der Waals surface area contributed by atoms with Crippen LogP contribution in [0.4, 0.5) is 0 Å². The first-order chi connectivity index (χ1) is 9.90.